The lowest BCUT2D eigenvalue weighted by atomic mass is 10.1. The van der Waals surface area contributed by atoms with Gasteiger partial charge in [0.25, 0.3) is 6.23 Å². The number of ether oxygens (including phenoxy) is 1. The van der Waals surface area contributed by atoms with Crippen LogP contribution in [-0.4, -0.2) is 99.4 Å². The molecule has 0 spiro atoms. The Morgan fingerprint density at radius 2 is 1.57 bits per heavy atom. The fourth-order valence-electron chi connectivity index (χ4n) is 2.82. The number of carbonyl (C=O) groups excluding carboxylic acids is 1. The second-order valence-electron chi connectivity index (χ2n) is 8.25. The average molecular weight is 634 g/mol. The molecule has 16 nitrogen and oxygen atoms in total. The van der Waals surface area contributed by atoms with Crippen molar-refractivity contribution in [3.8, 4) is 0 Å². The third-order valence-corrected chi connectivity index (χ3v) is 6.88. The Balaban J connectivity index is 0.000000700. The van der Waals surface area contributed by atoms with Gasteiger partial charge in [-0.05, 0) is 30.1 Å². The van der Waals surface area contributed by atoms with Crippen molar-refractivity contribution in [2.75, 3.05) is 30.6 Å². The van der Waals surface area contributed by atoms with E-state index in [9.17, 15) is 44.1 Å². The number of rotatable bonds is 13. The topological polar surface area (TPSA) is 296 Å². The molecule has 1 aromatic rings. The number of hydrogen-bond acceptors (Lipinski definition) is 13. The van der Waals surface area contributed by atoms with Crippen LogP contribution in [0.3, 0.4) is 0 Å². The summed E-state index contributed by atoms with van der Waals surface area (Å²) in [5.74, 6) is -1.30. The summed E-state index contributed by atoms with van der Waals surface area (Å²) in [4.78, 5) is 51.9. The van der Waals surface area contributed by atoms with Gasteiger partial charge < -0.3 is 65.4 Å². The normalized spacial score (nSPS) is 21.7. The third-order valence-electron chi connectivity index (χ3n) is 5.13. The maximum atomic E-state index is 10.8. The fourth-order valence-corrected chi connectivity index (χ4v) is 4.19. The number of aliphatic hydroxyl groups excluding tert-OH is 2. The molecule has 2 heterocycles. The number of carboxylic acids is 3. The minimum absolute atomic E-state index is 0.184. The van der Waals surface area contributed by atoms with Crippen molar-refractivity contribution < 1.29 is 79.6 Å². The number of aromatic carboxylic acids is 1. The van der Waals surface area contributed by atoms with Gasteiger partial charge >= 0.3 is 11.9 Å². The predicted molar refractivity (Wildman–Crippen MR) is 135 cm³/mol. The maximum absolute atomic E-state index is 10.8. The zero-order chi connectivity index (χ0) is 31.0. The smallest absolute Gasteiger partial charge is 0.362 e. The van der Waals surface area contributed by atoms with E-state index in [0.29, 0.717) is 12.8 Å². The average Bonchev–Trinajstić information content (AvgIpc) is 3.18. The number of thioether (sulfide) groups is 2. The highest BCUT2D eigenvalue weighted by Crippen LogP contribution is 2.30. The van der Waals surface area contributed by atoms with Crippen LogP contribution in [0.15, 0.2) is 24.5 Å². The number of phosphoric ester groups is 1. The molecule has 0 bridgehead atoms. The molecule has 10 N–H and O–H groups in total. The first kappa shape index (κ1) is 38.2. The fraction of sp³-hybridized carbons (Fsp3) is 0.619. The van der Waals surface area contributed by atoms with Crippen LogP contribution in [0.25, 0.3) is 0 Å². The summed E-state index contributed by atoms with van der Waals surface area (Å²) >= 11 is 3.29. The molecule has 1 saturated heterocycles. The summed E-state index contributed by atoms with van der Waals surface area (Å²) < 4.78 is 20.8. The molecule has 40 heavy (non-hydrogen) atoms. The first-order chi connectivity index (χ1) is 18.5. The molecule has 0 amide bonds. The van der Waals surface area contributed by atoms with Crippen LogP contribution in [0.2, 0.25) is 0 Å². The van der Waals surface area contributed by atoms with Crippen LogP contribution in [0.4, 0.5) is 0 Å². The van der Waals surface area contributed by atoms with Gasteiger partial charge in [-0.1, -0.05) is 0 Å². The number of hydrogen-bond donors (Lipinski definition) is 6. The lowest BCUT2D eigenvalue weighted by Crippen LogP contribution is -2.65. The lowest BCUT2D eigenvalue weighted by molar-refractivity contribution is -0.765. The summed E-state index contributed by atoms with van der Waals surface area (Å²) in [6.45, 7) is -0.764. The van der Waals surface area contributed by atoms with E-state index in [1.54, 1.807) is 23.5 Å². The van der Waals surface area contributed by atoms with Gasteiger partial charge in [0, 0.05) is 18.9 Å². The summed E-state index contributed by atoms with van der Waals surface area (Å²) in [6.07, 6.45) is 2.28. The molecule has 230 valence electrons. The van der Waals surface area contributed by atoms with Gasteiger partial charge in [0.05, 0.1) is 26.0 Å². The molecule has 0 unspecified atom stereocenters. The molecule has 2 rings (SSSR count). The van der Waals surface area contributed by atoms with E-state index in [1.807, 2.05) is 12.5 Å². The summed E-state index contributed by atoms with van der Waals surface area (Å²) in [6, 6.07) is 1.76. The minimum atomic E-state index is -5.24. The molecular weight excluding hydrogens is 597 g/mol. The molecule has 0 saturated carbocycles. The Morgan fingerprint density at radius 3 is 1.98 bits per heavy atom. The van der Waals surface area contributed by atoms with Crippen LogP contribution in [0.1, 0.15) is 29.4 Å². The Kier molecular flexibility index (Phi) is 18.4. The van der Waals surface area contributed by atoms with Crippen molar-refractivity contribution in [3.05, 3.63) is 30.1 Å². The van der Waals surface area contributed by atoms with Gasteiger partial charge in [0.15, 0.2) is 30.6 Å². The van der Waals surface area contributed by atoms with Crippen molar-refractivity contribution in [1.29, 1.82) is 0 Å². The third kappa shape index (κ3) is 15.2. The molecule has 1 aromatic heterocycles. The molecule has 6 atom stereocenters. The van der Waals surface area contributed by atoms with Crippen LogP contribution < -0.4 is 30.9 Å². The van der Waals surface area contributed by atoms with Crippen LogP contribution in [0.5, 0.6) is 0 Å². The Morgan fingerprint density at radius 1 is 1.07 bits per heavy atom. The summed E-state index contributed by atoms with van der Waals surface area (Å²) in [5, 5.41) is 47.1. The summed E-state index contributed by atoms with van der Waals surface area (Å²) in [7, 11) is -5.24. The van der Waals surface area contributed by atoms with E-state index >= 15 is 0 Å². The number of quaternary nitrogens is 2. The van der Waals surface area contributed by atoms with Crippen molar-refractivity contribution in [1.82, 2.24) is 0 Å². The minimum Gasteiger partial charge on any atom is -0.790 e. The van der Waals surface area contributed by atoms with Crippen LogP contribution in [0, 0.1) is 0 Å². The van der Waals surface area contributed by atoms with E-state index in [2.05, 4.69) is 16.0 Å². The van der Waals surface area contributed by atoms with Crippen molar-refractivity contribution in [3.63, 3.8) is 0 Å². The zero-order valence-corrected chi connectivity index (χ0v) is 24.4. The van der Waals surface area contributed by atoms with Crippen LogP contribution >= 0.6 is 31.3 Å². The van der Waals surface area contributed by atoms with Gasteiger partial charge in [-0.15, -0.1) is 0 Å². The number of phosphoric acid groups is 1. The number of carboxylic acid groups (broad SMARTS) is 3. The van der Waals surface area contributed by atoms with E-state index < -0.39 is 69.0 Å². The molecule has 0 aromatic carbocycles. The summed E-state index contributed by atoms with van der Waals surface area (Å²) in [5.41, 5.74) is 6.74. The van der Waals surface area contributed by atoms with Crippen molar-refractivity contribution in [2.24, 2.45) is 0 Å². The second-order valence-corrected chi connectivity index (χ2v) is 11.4. The number of carbonyl (C=O) groups is 3. The Hall–Kier alpha value is -1.83. The quantitative estimate of drug-likeness (QED) is 0.0873. The highest BCUT2D eigenvalue weighted by atomic mass is 32.2. The second kappa shape index (κ2) is 19.3. The Labute approximate surface area is 238 Å². The molecular formula is C21H36N3O13PS2. The molecule has 0 aliphatic carbocycles. The number of aliphatic hydroxyl groups is 2. The number of pyridine rings is 1. The number of nitrogens with zero attached hydrogens (tertiary/aromatic N) is 1. The predicted octanol–water partition coefficient (Wildman–Crippen LogP) is -5.33. The standard InChI is InChI=1S/C11H14NO9P.2C5H11NO2S/c13-8-7(5-20-22(17,18)19)21-10(9(8)14)12-3-1-2-6(4-12)11(15)16;2*1-9-3-2-4(6)5(7)8/h1-4,7-10,13-14H,5H2,(H2-,15,16,17,18,19);2*4H,2-3,6H2,1H3,(H,7,8)/t7-,8-,9-,10-;2*4-/m100/s1. The zero-order valence-electron chi connectivity index (χ0n) is 21.9. The molecule has 19 heteroatoms. The highest BCUT2D eigenvalue weighted by molar-refractivity contribution is 7.98. The van der Waals surface area contributed by atoms with Gasteiger partial charge in [0.2, 0.25) is 0 Å². The van der Waals surface area contributed by atoms with Gasteiger partial charge in [0.1, 0.15) is 12.2 Å². The first-order valence-electron chi connectivity index (χ1n) is 11.6. The van der Waals surface area contributed by atoms with E-state index in [4.69, 9.17) is 14.9 Å². The lowest BCUT2D eigenvalue weighted by Gasteiger charge is -2.30. The van der Waals surface area contributed by atoms with Crippen LogP contribution in [-0.2, 0) is 23.4 Å². The number of aromatic nitrogens is 1. The van der Waals surface area contributed by atoms with Gasteiger partial charge in [-0.25, -0.2) is 9.59 Å². The Bertz CT molecular complexity index is 963. The van der Waals surface area contributed by atoms with Crippen molar-refractivity contribution >= 4 is 49.3 Å². The first-order valence-corrected chi connectivity index (χ1v) is 15.8. The maximum Gasteiger partial charge on any atom is 0.362 e. The molecule has 1 fully saturated rings. The van der Waals surface area contributed by atoms with E-state index in [0.717, 1.165) is 17.7 Å². The van der Waals surface area contributed by atoms with E-state index in [1.165, 1.54) is 22.9 Å². The number of aliphatic carboxylic acids is 2. The SMILES string of the molecule is CSCC[C@H]([NH3+])C(=O)O.CSCC[C@H]([NH3+])C(=O)O.O=C([O-])c1ccc[n+]([C@@H]2O[C@H](COP(=O)([O-])[O-])[C@@H](O)[C@H]2O)c1. The van der Waals surface area contributed by atoms with E-state index in [-0.39, 0.29) is 5.56 Å². The molecule has 0 radical (unpaired) electrons. The van der Waals surface area contributed by atoms with Gasteiger partial charge in [-0.3, -0.25) is 0 Å². The molecule has 1 aliphatic rings. The monoisotopic (exact) mass is 633 g/mol. The highest BCUT2D eigenvalue weighted by Gasteiger charge is 2.48. The van der Waals surface area contributed by atoms with Gasteiger partial charge in [-0.2, -0.15) is 28.1 Å². The largest absolute Gasteiger partial charge is 0.790 e. The molecule has 1 aliphatic heterocycles. The van der Waals surface area contributed by atoms with Crippen molar-refractivity contribution in [2.45, 2.75) is 49.5 Å².